The largest absolute Gasteiger partial charge is 0.464 e. The average Bonchev–Trinajstić information content (AvgIpc) is 3.09. The highest BCUT2D eigenvalue weighted by molar-refractivity contribution is 5.97. The standard InChI is InChI=1S/C21H24N2O4/c1-2-16-7-9-19(27-16)18-13-26-11-10-23(18)21(25)15-6-8-17-14(12-15)4-3-5-20(24)22-17/h6-9,12,18H,2-5,10-11,13H2,1H3,(H,22,24). The van der Waals surface area contributed by atoms with Crippen molar-refractivity contribution in [3.8, 4) is 0 Å². The van der Waals surface area contributed by atoms with Crippen LogP contribution in [0, 0.1) is 0 Å². The van der Waals surface area contributed by atoms with Gasteiger partial charge in [0.15, 0.2) is 0 Å². The van der Waals surface area contributed by atoms with Gasteiger partial charge in [0, 0.05) is 30.6 Å². The zero-order valence-electron chi connectivity index (χ0n) is 15.5. The van der Waals surface area contributed by atoms with E-state index >= 15 is 0 Å². The number of hydrogen-bond acceptors (Lipinski definition) is 4. The fourth-order valence-electron chi connectivity index (χ4n) is 3.72. The number of rotatable bonds is 3. The van der Waals surface area contributed by atoms with Crippen LogP contribution in [0.4, 0.5) is 5.69 Å². The van der Waals surface area contributed by atoms with Crippen LogP contribution in [0.5, 0.6) is 0 Å². The molecule has 2 aromatic rings. The van der Waals surface area contributed by atoms with Crippen LogP contribution in [0.2, 0.25) is 0 Å². The lowest BCUT2D eigenvalue weighted by molar-refractivity contribution is -0.116. The van der Waals surface area contributed by atoms with E-state index in [9.17, 15) is 9.59 Å². The van der Waals surface area contributed by atoms with E-state index in [2.05, 4.69) is 5.32 Å². The Bertz CT molecular complexity index is 858. The molecule has 1 aromatic carbocycles. The van der Waals surface area contributed by atoms with Gasteiger partial charge in [-0.25, -0.2) is 0 Å². The summed E-state index contributed by atoms with van der Waals surface area (Å²) in [5.41, 5.74) is 2.47. The molecule has 0 radical (unpaired) electrons. The fourth-order valence-corrected chi connectivity index (χ4v) is 3.72. The van der Waals surface area contributed by atoms with Gasteiger partial charge in [0.25, 0.3) is 5.91 Å². The van der Waals surface area contributed by atoms with Gasteiger partial charge >= 0.3 is 0 Å². The van der Waals surface area contributed by atoms with Gasteiger partial charge in [-0.3, -0.25) is 9.59 Å². The first-order valence-corrected chi connectivity index (χ1v) is 9.56. The molecule has 0 bridgehead atoms. The summed E-state index contributed by atoms with van der Waals surface area (Å²) in [4.78, 5) is 26.8. The van der Waals surface area contributed by atoms with Gasteiger partial charge in [-0.1, -0.05) is 6.92 Å². The molecule has 2 aliphatic heterocycles. The van der Waals surface area contributed by atoms with Crippen molar-refractivity contribution in [2.75, 3.05) is 25.1 Å². The second-order valence-corrected chi connectivity index (χ2v) is 7.02. The van der Waals surface area contributed by atoms with Crippen LogP contribution in [0.3, 0.4) is 0 Å². The maximum atomic E-state index is 13.2. The Balaban J connectivity index is 1.60. The third-order valence-electron chi connectivity index (χ3n) is 5.22. The Kier molecular flexibility index (Phi) is 4.99. The lowest BCUT2D eigenvalue weighted by Gasteiger charge is -2.34. The number of benzene rings is 1. The van der Waals surface area contributed by atoms with Gasteiger partial charge < -0.3 is 19.4 Å². The average molecular weight is 368 g/mol. The summed E-state index contributed by atoms with van der Waals surface area (Å²) in [5.74, 6) is 1.67. The first-order valence-electron chi connectivity index (χ1n) is 9.56. The lowest BCUT2D eigenvalue weighted by atomic mass is 10.0. The van der Waals surface area contributed by atoms with Gasteiger partial charge in [0.1, 0.15) is 17.6 Å². The van der Waals surface area contributed by atoms with Gasteiger partial charge in [0.05, 0.1) is 13.2 Å². The molecule has 1 aromatic heterocycles. The molecule has 27 heavy (non-hydrogen) atoms. The number of aryl methyl sites for hydroxylation is 2. The minimum Gasteiger partial charge on any atom is -0.464 e. The number of morpholine rings is 1. The first kappa shape index (κ1) is 17.8. The molecule has 1 saturated heterocycles. The minimum absolute atomic E-state index is 0.0314. The quantitative estimate of drug-likeness (QED) is 0.902. The highest BCUT2D eigenvalue weighted by atomic mass is 16.5. The van der Waals surface area contributed by atoms with E-state index in [1.807, 2.05) is 36.1 Å². The monoisotopic (exact) mass is 368 g/mol. The fraction of sp³-hybridized carbons (Fsp3) is 0.429. The molecule has 142 valence electrons. The summed E-state index contributed by atoms with van der Waals surface area (Å²) >= 11 is 0. The zero-order chi connectivity index (χ0) is 18.8. The van der Waals surface area contributed by atoms with Crippen LogP contribution in [-0.4, -0.2) is 36.5 Å². The Morgan fingerprint density at radius 2 is 2.15 bits per heavy atom. The molecule has 2 aliphatic rings. The Labute approximate surface area is 158 Å². The predicted octanol–water partition coefficient (Wildman–Crippen LogP) is 3.33. The number of carbonyl (C=O) groups excluding carboxylic acids is 2. The van der Waals surface area contributed by atoms with E-state index < -0.39 is 0 Å². The molecular formula is C21H24N2O4. The second-order valence-electron chi connectivity index (χ2n) is 7.02. The highest BCUT2D eigenvalue weighted by Crippen LogP contribution is 2.29. The number of hydrogen-bond donors (Lipinski definition) is 1. The molecule has 1 unspecified atom stereocenters. The van der Waals surface area contributed by atoms with Crippen molar-refractivity contribution in [3.63, 3.8) is 0 Å². The van der Waals surface area contributed by atoms with E-state index in [1.54, 1.807) is 6.07 Å². The molecule has 2 amide bonds. The molecule has 1 fully saturated rings. The van der Waals surface area contributed by atoms with E-state index in [4.69, 9.17) is 9.15 Å². The maximum absolute atomic E-state index is 13.2. The van der Waals surface area contributed by atoms with Crippen LogP contribution in [-0.2, 0) is 22.4 Å². The van der Waals surface area contributed by atoms with E-state index in [0.717, 1.165) is 42.0 Å². The zero-order valence-corrected chi connectivity index (χ0v) is 15.5. The van der Waals surface area contributed by atoms with Gasteiger partial charge in [-0.05, 0) is 48.7 Å². The SMILES string of the molecule is CCc1ccc(C2COCCN2C(=O)c2ccc3c(c2)CCCC(=O)N3)o1. The van der Waals surface area contributed by atoms with Crippen molar-refractivity contribution in [1.82, 2.24) is 4.90 Å². The molecular weight excluding hydrogens is 344 g/mol. The van der Waals surface area contributed by atoms with Gasteiger partial charge in [-0.15, -0.1) is 0 Å². The number of furan rings is 1. The van der Waals surface area contributed by atoms with Crippen molar-refractivity contribution in [3.05, 3.63) is 53.0 Å². The van der Waals surface area contributed by atoms with E-state index in [0.29, 0.717) is 31.7 Å². The smallest absolute Gasteiger partial charge is 0.254 e. The van der Waals surface area contributed by atoms with Crippen LogP contribution in [0.1, 0.15) is 53.2 Å². The van der Waals surface area contributed by atoms with Crippen molar-refractivity contribution in [2.45, 2.75) is 38.6 Å². The normalized spacial score (nSPS) is 20.0. The molecule has 6 heteroatoms. The summed E-state index contributed by atoms with van der Waals surface area (Å²) in [6, 6.07) is 9.21. The van der Waals surface area contributed by atoms with Gasteiger partial charge in [0.2, 0.25) is 5.91 Å². The number of anilines is 1. The highest BCUT2D eigenvalue weighted by Gasteiger charge is 2.32. The van der Waals surface area contributed by atoms with Crippen LogP contribution in [0.25, 0.3) is 0 Å². The summed E-state index contributed by atoms with van der Waals surface area (Å²) < 4.78 is 11.5. The number of ether oxygens (including phenoxy) is 1. The topological polar surface area (TPSA) is 71.8 Å². The van der Waals surface area contributed by atoms with E-state index in [1.165, 1.54) is 0 Å². The van der Waals surface area contributed by atoms with E-state index in [-0.39, 0.29) is 17.9 Å². The van der Waals surface area contributed by atoms with Crippen LogP contribution < -0.4 is 5.32 Å². The third kappa shape index (κ3) is 3.62. The maximum Gasteiger partial charge on any atom is 0.254 e. The number of carbonyl (C=O) groups is 2. The van der Waals surface area contributed by atoms with Crippen LogP contribution in [0.15, 0.2) is 34.7 Å². The molecule has 6 nitrogen and oxygen atoms in total. The number of fused-ring (bicyclic) bond motifs is 1. The molecule has 0 saturated carbocycles. The molecule has 0 aliphatic carbocycles. The third-order valence-corrected chi connectivity index (χ3v) is 5.22. The first-order chi connectivity index (χ1) is 13.2. The van der Waals surface area contributed by atoms with Crippen molar-refractivity contribution in [1.29, 1.82) is 0 Å². The van der Waals surface area contributed by atoms with Crippen molar-refractivity contribution < 1.29 is 18.7 Å². The van der Waals surface area contributed by atoms with Crippen LogP contribution >= 0.6 is 0 Å². The summed E-state index contributed by atoms with van der Waals surface area (Å²) in [6.07, 6.45) is 2.92. The molecule has 1 N–H and O–H groups in total. The molecule has 3 heterocycles. The molecule has 0 spiro atoms. The van der Waals surface area contributed by atoms with Gasteiger partial charge in [-0.2, -0.15) is 0 Å². The minimum atomic E-state index is -0.218. The van der Waals surface area contributed by atoms with Crippen molar-refractivity contribution in [2.24, 2.45) is 0 Å². The number of nitrogens with one attached hydrogen (secondary N) is 1. The number of nitrogens with zero attached hydrogens (tertiary/aromatic N) is 1. The second kappa shape index (κ2) is 7.56. The summed E-state index contributed by atoms with van der Waals surface area (Å²) in [7, 11) is 0. The Hall–Kier alpha value is -2.60. The Morgan fingerprint density at radius 3 is 2.96 bits per heavy atom. The summed E-state index contributed by atoms with van der Waals surface area (Å²) in [5, 5.41) is 2.91. The lowest BCUT2D eigenvalue weighted by Crippen LogP contribution is -2.43. The van der Waals surface area contributed by atoms with Crippen molar-refractivity contribution >= 4 is 17.5 Å². The Morgan fingerprint density at radius 1 is 1.26 bits per heavy atom. The predicted molar refractivity (Wildman–Crippen MR) is 101 cm³/mol. The molecule has 1 atom stereocenters. The molecule has 4 rings (SSSR count). The summed E-state index contributed by atoms with van der Waals surface area (Å²) in [6.45, 7) is 3.52. The number of amides is 2.